The topological polar surface area (TPSA) is 17.1 Å². The average Bonchev–Trinajstić information content (AvgIpc) is 2.30. The Bertz CT molecular complexity index is 258. The molecule has 2 rings (SSSR count). The van der Waals surface area contributed by atoms with Crippen molar-refractivity contribution in [1.82, 2.24) is 0 Å². The van der Waals surface area contributed by atoms with Gasteiger partial charge >= 0.3 is 0 Å². The normalized spacial score (nSPS) is 44.2. The second-order valence-electron chi connectivity index (χ2n) is 6.07. The van der Waals surface area contributed by atoms with Crippen LogP contribution in [-0.2, 0) is 4.79 Å². The van der Waals surface area contributed by atoms with Crippen molar-refractivity contribution in [2.24, 2.45) is 29.6 Å². The molecule has 0 spiro atoms. The summed E-state index contributed by atoms with van der Waals surface area (Å²) in [6.07, 6.45) is 7.08. The summed E-state index contributed by atoms with van der Waals surface area (Å²) in [7, 11) is 0. The van der Waals surface area contributed by atoms with Crippen molar-refractivity contribution in [2.45, 2.75) is 59.3 Å². The maximum Gasteiger partial charge on any atom is 0.136 e. The molecule has 0 N–H and O–H groups in total. The number of carbonyl (C=O) groups excluding carboxylic acids is 1. The Morgan fingerprint density at radius 3 is 2.56 bits per heavy atom. The van der Waals surface area contributed by atoms with Gasteiger partial charge in [0.1, 0.15) is 5.78 Å². The molecule has 0 aromatic rings. The van der Waals surface area contributed by atoms with Gasteiger partial charge in [-0.1, -0.05) is 40.0 Å². The summed E-state index contributed by atoms with van der Waals surface area (Å²) < 4.78 is 0. The highest BCUT2D eigenvalue weighted by molar-refractivity contribution is 5.82. The summed E-state index contributed by atoms with van der Waals surface area (Å²) >= 11 is 0. The number of hydrogen-bond acceptors (Lipinski definition) is 1. The molecule has 5 atom stereocenters. The Morgan fingerprint density at radius 2 is 1.94 bits per heavy atom. The quantitative estimate of drug-likeness (QED) is 0.703. The Balaban J connectivity index is 2.03. The molecule has 1 heteroatoms. The highest BCUT2D eigenvalue weighted by atomic mass is 16.1. The number of carbonyl (C=O) groups is 1. The smallest absolute Gasteiger partial charge is 0.136 e. The van der Waals surface area contributed by atoms with E-state index in [0.29, 0.717) is 11.7 Å². The van der Waals surface area contributed by atoms with Gasteiger partial charge in [0.05, 0.1) is 0 Å². The molecule has 2 fully saturated rings. The summed E-state index contributed by atoms with van der Waals surface area (Å²) in [4.78, 5) is 12.0. The van der Waals surface area contributed by atoms with Crippen molar-refractivity contribution in [2.75, 3.05) is 0 Å². The second kappa shape index (κ2) is 4.89. The molecule has 0 saturated heterocycles. The van der Waals surface area contributed by atoms with Gasteiger partial charge in [-0.3, -0.25) is 4.79 Å². The van der Waals surface area contributed by atoms with Crippen molar-refractivity contribution < 1.29 is 4.79 Å². The van der Waals surface area contributed by atoms with E-state index >= 15 is 0 Å². The van der Waals surface area contributed by atoms with Crippen LogP contribution in [0.4, 0.5) is 0 Å². The van der Waals surface area contributed by atoms with Crippen LogP contribution in [-0.4, -0.2) is 5.78 Å². The molecule has 0 aliphatic heterocycles. The van der Waals surface area contributed by atoms with Crippen LogP contribution in [0.1, 0.15) is 59.3 Å². The van der Waals surface area contributed by atoms with E-state index in [4.69, 9.17) is 0 Å². The standard InChI is InChI=1S/C15H26O/c1-4-7-12-10(2)11(3)15(12)13-8-5-6-9-14(13)16/h10-13,15H,4-9H2,1-3H3. The lowest BCUT2D eigenvalue weighted by Crippen LogP contribution is -2.50. The first-order valence-corrected chi connectivity index (χ1v) is 7.19. The molecule has 5 unspecified atom stereocenters. The number of hydrogen-bond donors (Lipinski definition) is 0. The summed E-state index contributed by atoms with van der Waals surface area (Å²) in [6.45, 7) is 7.02. The minimum Gasteiger partial charge on any atom is -0.299 e. The van der Waals surface area contributed by atoms with E-state index < -0.39 is 0 Å². The van der Waals surface area contributed by atoms with Crippen LogP contribution in [0, 0.1) is 29.6 Å². The Labute approximate surface area is 100.0 Å². The first kappa shape index (κ1) is 12.1. The molecule has 0 bridgehead atoms. The minimum atomic E-state index is 0.427. The third kappa shape index (κ3) is 1.94. The van der Waals surface area contributed by atoms with Crippen LogP contribution in [0.25, 0.3) is 0 Å². The molecule has 16 heavy (non-hydrogen) atoms. The van der Waals surface area contributed by atoms with E-state index in [9.17, 15) is 4.79 Å². The predicted octanol–water partition coefficient (Wildman–Crippen LogP) is 4.06. The molecule has 0 aromatic carbocycles. The highest BCUT2D eigenvalue weighted by Gasteiger charge is 2.49. The van der Waals surface area contributed by atoms with Gasteiger partial charge < -0.3 is 0 Å². The largest absolute Gasteiger partial charge is 0.299 e. The molecule has 2 saturated carbocycles. The van der Waals surface area contributed by atoms with Crippen LogP contribution in [0.3, 0.4) is 0 Å². The summed E-state index contributed by atoms with van der Waals surface area (Å²) in [5.74, 6) is 4.20. The molecule has 0 aromatic heterocycles. The lowest BCUT2D eigenvalue weighted by molar-refractivity contribution is -0.136. The second-order valence-corrected chi connectivity index (χ2v) is 6.07. The van der Waals surface area contributed by atoms with Crippen LogP contribution >= 0.6 is 0 Å². The summed E-state index contributed by atoms with van der Waals surface area (Å²) in [5, 5.41) is 0. The molecular formula is C15H26O. The Hall–Kier alpha value is -0.330. The first-order chi connectivity index (χ1) is 7.66. The van der Waals surface area contributed by atoms with Crippen molar-refractivity contribution in [3.05, 3.63) is 0 Å². The van der Waals surface area contributed by atoms with Crippen molar-refractivity contribution >= 4 is 5.78 Å². The van der Waals surface area contributed by atoms with Crippen LogP contribution in [0.5, 0.6) is 0 Å². The van der Waals surface area contributed by atoms with Gasteiger partial charge in [0.25, 0.3) is 0 Å². The summed E-state index contributed by atoms with van der Waals surface area (Å²) in [6, 6.07) is 0. The molecular weight excluding hydrogens is 196 g/mol. The lowest BCUT2D eigenvalue weighted by Gasteiger charge is -2.53. The van der Waals surface area contributed by atoms with E-state index in [1.165, 1.54) is 25.7 Å². The fraction of sp³-hybridized carbons (Fsp3) is 0.933. The predicted molar refractivity (Wildman–Crippen MR) is 67.2 cm³/mol. The van der Waals surface area contributed by atoms with E-state index in [1.54, 1.807) is 0 Å². The fourth-order valence-electron chi connectivity index (χ4n) is 4.21. The van der Waals surface area contributed by atoms with Gasteiger partial charge in [-0.05, 0) is 36.5 Å². The number of Topliss-reactive ketones (excluding diaryl/α,β-unsaturated/α-hetero) is 1. The van der Waals surface area contributed by atoms with Gasteiger partial charge in [-0.15, -0.1) is 0 Å². The van der Waals surface area contributed by atoms with Crippen LogP contribution < -0.4 is 0 Å². The molecule has 1 nitrogen and oxygen atoms in total. The maximum atomic E-state index is 12.0. The van der Waals surface area contributed by atoms with Gasteiger partial charge in [-0.2, -0.15) is 0 Å². The average molecular weight is 222 g/mol. The maximum absolute atomic E-state index is 12.0. The zero-order chi connectivity index (χ0) is 11.7. The van der Waals surface area contributed by atoms with E-state index in [1.807, 2.05) is 0 Å². The molecule has 92 valence electrons. The Kier molecular flexibility index (Phi) is 3.71. The number of ketones is 1. The minimum absolute atomic E-state index is 0.427. The summed E-state index contributed by atoms with van der Waals surface area (Å²) in [5.41, 5.74) is 0. The van der Waals surface area contributed by atoms with E-state index in [0.717, 1.165) is 36.5 Å². The van der Waals surface area contributed by atoms with Crippen molar-refractivity contribution in [1.29, 1.82) is 0 Å². The van der Waals surface area contributed by atoms with Crippen LogP contribution in [0.15, 0.2) is 0 Å². The third-order valence-electron chi connectivity index (χ3n) is 5.29. The van der Waals surface area contributed by atoms with Crippen molar-refractivity contribution in [3.8, 4) is 0 Å². The van der Waals surface area contributed by atoms with Gasteiger partial charge in [0, 0.05) is 12.3 Å². The molecule has 0 radical (unpaired) electrons. The highest BCUT2D eigenvalue weighted by Crippen LogP contribution is 2.53. The van der Waals surface area contributed by atoms with E-state index in [-0.39, 0.29) is 0 Å². The van der Waals surface area contributed by atoms with E-state index in [2.05, 4.69) is 20.8 Å². The Morgan fingerprint density at radius 1 is 1.19 bits per heavy atom. The van der Waals surface area contributed by atoms with Gasteiger partial charge in [-0.25, -0.2) is 0 Å². The molecule has 2 aliphatic rings. The fourth-order valence-corrected chi connectivity index (χ4v) is 4.21. The zero-order valence-electron chi connectivity index (χ0n) is 11.0. The SMILES string of the molecule is CCCC1C(C)C(C)C1C1CCCCC1=O. The molecule has 0 heterocycles. The molecule has 2 aliphatic carbocycles. The third-order valence-corrected chi connectivity index (χ3v) is 5.29. The van der Waals surface area contributed by atoms with Gasteiger partial charge in [0.2, 0.25) is 0 Å². The van der Waals surface area contributed by atoms with Gasteiger partial charge in [0.15, 0.2) is 0 Å². The first-order valence-electron chi connectivity index (χ1n) is 7.19. The van der Waals surface area contributed by atoms with Crippen LogP contribution in [0.2, 0.25) is 0 Å². The molecule has 0 amide bonds. The number of rotatable bonds is 3. The lowest BCUT2D eigenvalue weighted by atomic mass is 9.51. The van der Waals surface area contributed by atoms with Crippen molar-refractivity contribution in [3.63, 3.8) is 0 Å². The zero-order valence-corrected chi connectivity index (χ0v) is 11.0. The monoisotopic (exact) mass is 222 g/mol.